The number of ether oxygens (including phenoxy) is 1. The lowest BCUT2D eigenvalue weighted by atomic mass is 9.89. The highest BCUT2D eigenvalue weighted by Crippen LogP contribution is 2.33. The standard InChI is InChI=1S/C16H19FN2O3/c1-9(14-3-2-6-22-14)18-16(21)12-8-15(20)19-13-7-10(17)4-5-11(12)13/h4-5,7,9,12,14H,2-3,6,8H2,1H3,(H,18,21)(H,19,20)/t9-,12+,14+/m0/s1. The molecule has 0 unspecified atom stereocenters. The molecule has 5 nitrogen and oxygen atoms in total. The summed E-state index contributed by atoms with van der Waals surface area (Å²) in [5.41, 5.74) is 1.03. The van der Waals surface area contributed by atoms with Gasteiger partial charge < -0.3 is 15.4 Å². The minimum atomic E-state index is -0.590. The van der Waals surface area contributed by atoms with E-state index < -0.39 is 11.7 Å². The predicted molar refractivity (Wildman–Crippen MR) is 79.0 cm³/mol. The fourth-order valence-electron chi connectivity index (χ4n) is 3.09. The summed E-state index contributed by atoms with van der Waals surface area (Å²) in [6.07, 6.45) is 2.02. The number of hydrogen-bond donors (Lipinski definition) is 2. The van der Waals surface area contributed by atoms with E-state index in [2.05, 4.69) is 10.6 Å². The van der Waals surface area contributed by atoms with Crippen LogP contribution >= 0.6 is 0 Å². The molecule has 3 atom stereocenters. The number of amides is 2. The third-order valence-electron chi connectivity index (χ3n) is 4.26. The van der Waals surface area contributed by atoms with Gasteiger partial charge in [-0.1, -0.05) is 6.07 Å². The smallest absolute Gasteiger partial charge is 0.228 e. The van der Waals surface area contributed by atoms with Gasteiger partial charge in [0.2, 0.25) is 11.8 Å². The molecule has 1 aromatic rings. The number of anilines is 1. The number of carbonyl (C=O) groups excluding carboxylic acids is 2. The van der Waals surface area contributed by atoms with E-state index in [1.165, 1.54) is 12.1 Å². The van der Waals surface area contributed by atoms with E-state index in [9.17, 15) is 14.0 Å². The Kier molecular flexibility index (Phi) is 4.11. The molecular formula is C16H19FN2O3. The number of halogens is 1. The van der Waals surface area contributed by atoms with Gasteiger partial charge in [0.15, 0.2) is 0 Å². The van der Waals surface area contributed by atoms with Crippen LogP contribution < -0.4 is 10.6 Å². The lowest BCUT2D eigenvalue weighted by Gasteiger charge is -2.27. The van der Waals surface area contributed by atoms with Gasteiger partial charge in [0.25, 0.3) is 0 Å². The Labute approximate surface area is 128 Å². The molecule has 2 heterocycles. The lowest BCUT2D eigenvalue weighted by molar-refractivity contribution is -0.127. The molecule has 118 valence electrons. The maximum Gasteiger partial charge on any atom is 0.228 e. The Balaban J connectivity index is 1.76. The van der Waals surface area contributed by atoms with Crippen molar-refractivity contribution in [2.24, 2.45) is 0 Å². The summed E-state index contributed by atoms with van der Waals surface area (Å²) in [7, 11) is 0. The number of hydrogen-bond acceptors (Lipinski definition) is 3. The molecule has 1 fully saturated rings. The number of rotatable bonds is 3. The van der Waals surface area contributed by atoms with Crippen LogP contribution in [-0.2, 0) is 14.3 Å². The molecule has 2 amide bonds. The minimum Gasteiger partial charge on any atom is -0.376 e. The minimum absolute atomic E-state index is 0.0223. The Bertz CT molecular complexity index is 599. The van der Waals surface area contributed by atoms with Crippen LogP contribution in [0, 0.1) is 5.82 Å². The molecule has 0 bridgehead atoms. The largest absolute Gasteiger partial charge is 0.376 e. The van der Waals surface area contributed by atoms with E-state index in [0.29, 0.717) is 11.3 Å². The van der Waals surface area contributed by atoms with Crippen molar-refractivity contribution in [3.8, 4) is 0 Å². The first-order valence-electron chi connectivity index (χ1n) is 7.56. The number of nitrogens with one attached hydrogen (secondary N) is 2. The van der Waals surface area contributed by atoms with Crippen molar-refractivity contribution >= 4 is 17.5 Å². The zero-order valence-corrected chi connectivity index (χ0v) is 12.4. The molecule has 0 aromatic heterocycles. The highest BCUT2D eigenvalue weighted by molar-refractivity contribution is 6.01. The Hall–Kier alpha value is -1.95. The maximum absolute atomic E-state index is 13.3. The summed E-state index contributed by atoms with van der Waals surface area (Å²) in [6.45, 7) is 2.63. The van der Waals surface area contributed by atoms with E-state index in [4.69, 9.17) is 4.74 Å². The van der Waals surface area contributed by atoms with E-state index in [1.54, 1.807) is 6.07 Å². The Morgan fingerprint density at radius 1 is 1.50 bits per heavy atom. The first-order chi connectivity index (χ1) is 10.5. The zero-order chi connectivity index (χ0) is 15.7. The molecule has 3 rings (SSSR count). The number of carbonyl (C=O) groups is 2. The van der Waals surface area contributed by atoms with Gasteiger partial charge in [-0.15, -0.1) is 0 Å². The highest BCUT2D eigenvalue weighted by Gasteiger charge is 2.33. The van der Waals surface area contributed by atoms with Crippen LogP contribution in [-0.4, -0.2) is 30.6 Å². The molecule has 1 saturated heterocycles. The summed E-state index contributed by atoms with van der Waals surface area (Å²) < 4.78 is 18.9. The van der Waals surface area contributed by atoms with Crippen molar-refractivity contribution < 1.29 is 18.7 Å². The number of benzene rings is 1. The van der Waals surface area contributed by atoms with Crippen molar-refractivity contribution in [2.45, 2.75) is 44.2 Å². The van der Waals surface area contributed by atoms with Crippen LogP contribution in [0.25, 0.3) is 0 Å². The molecule has 0 aliphatic carbocycles. The lowest BCUT2D eigenvalue weighted by Crippen LogP contribution is -2.44. The van der Waals surface area contributed by atoms with Gasteiger partial charge in [-0.25, -0.2) is 4.39 Å². The molecule has 0 spiro atoms. The van der Waals surface area contributed by atoms with Crippen molar-refractivity contribution in [2.75, 3.05) is 11.9 Å². The number of fused-ring (bicyclic) bond motifs is 1. The molecule has 0 saturated carbocycles. The first-order valence-corrected chi connectivity index (χ1v) is 7.56. The molecule has 22 heavy (non-hydrogen) atoms. The van der Waals surface area contributed by atoms with Gasteiger partial charge in [-0.2, -0.15) is 0 Å². The first kappa shape index (κ1) is 15.0. The monoisotopic (exact) mass is 306 g/mol. The SMILES string of the molecule is C[C@H](NC(=O)[C@@H]1CC(=O)Nc2cc(F)ccc21)[C@H]1CCCO1. The molecule has 2 N–H and O–H groups in total. The van der Waals surface area contributed by atoms with Gasteiger partial charge in [0, 0.05) is 18.7 Å². The van der Waals surface area contributed by atoms with Gasteiger partial charge in [0.05, 0.1) is 18.1 Å². The highest BCUT2D eigenvalue weighted by atomic mass is 19.1. The Morgan fingerprint density at radius 3 is 3.05 bits per heavy atom. The van der Waals surface area contributed by atoms with Crippen LogP contribution in [0.15, 0.2) is 18.2 Å². The van der Waals surface area contributed by atoms with Gasteiger partial charge in [-0.3, -0.25) is 9.59 Å². The molecule has 2 aliphatic rings. The van der Waals surface area contributed by atoms with Crippen LogP contribution in [0.3, 0.4) is 0 Å². The van der Waals surface area contributed by atoms with Gasteiger partial charge in [0.1, 0.15) is 5.82 Å². The van der Waals surface area contributed by atoms with Crippen LogP contribution in [0.2, 0.25) is 0 Å². The van der Waals surface area contributed by atoms with Crippen molar-refractivity contribution in [1.29, 1.82) is 0 Å². The van der Waals surface area contributed by atoms with Crippen LogP contribution in [0.1, 0.15) is 37.7 Å². The Morgan fingerprint density at radius 2 is 2.32 bits per heavy atom. The molecule has 1 aromatic carbocycles. The molecule has 6 heteroatoms. The molecular weight excluding hydrogens is 287 g/mol. The average molecular weight is 306 g/mol. The second kappa shape index (κ2) is 6.04. The molecule has 2 aliphatic heterocycles. The summed E-state index contributed by atoms with van der Waals surface area (Å²) in [4.78, 5) is 24.3. The summed E-state index contributed by atoms with van der Waals surface area (Å²) in [5, 5.41) is 5.54. The predicted octanol–water partition coefficient (Wildman–Crippen LogP) is 1.94. The summed E-state index contributed by atoms with van der Waals surface area (Å²) in [5.74, 6) is -1.52. The zero-order valence-electron chi connectivity index (χ0n) is 12.4. The van der Waals surface area contributed by atoms with E-state index in [-0.39, 0.29) is 30.4 Å². The maximum atomic E-state index is 13.3. The van der Waals surface area contributed by atoms with E-state index >= 15 is 0 Å². The van der Waals surface area contributed by atoms with E-state index in [1.807, 2.05) is 6.92 Å². The second-order valence-corrected chi connectivity index (χ2v) is 5.89. The normalized spacial score (nSPS) is 25.3. The third kappa shape index (κ3) is 2.97. The quantitative estimate of drug-likeness (QED) is 0.897. The van der Waals surface area contributed by atoms with Crippen molar-refractivity contribution in [1.82, 2.24) is 5.32 Å². The fraction of sp³-hybridized carbons (Fsp3) is 0.500. The topological polar surface area (TPSA) is 67.4 Å². The van der Waals surface area contributed by atoms with Gasteiger partial charge in [-0.05, 0) is 37.5 Å². The van der Waals surface area contributed by atoms with Crippen LogP contribution in [0.4, 0.5) is 10.1 Å². The second-order valence-electron chi connectivity index (χ2n) is 5.89. The van der Waals surface area contributed by atoms with Crippen molar-refractivity contribution in [3.63, 3.8) is 0 Å². The van der Waals surface area contributed by atoms with Crippen LogP contribution in [0.5, 0.6) is 0 Å². The fourth-order valence-corrected chi connectivity index (χ4v) is 3.09. The van der Waals surface area contributed by atoms with Gasteiger partial charge >= 0.3 is 0 Å². The summed E-state index contributed by atoms with van der Waals surface area (Å²) in [6, 6.07) is 4.00. The third-order valence-corrected chi connectivity index (χ3v) is 4.26. The molecule has 0 radical (unpaired) electrons. The average Bonchev–Trinajstić information content (AvgIpc) is 3.00. The van der Waals surface area contributed by atoms with E-state index in [0.717, 1.165) is 19.4 Å². The summed E-state index contributed by atoms with van der Waals surface area (Å²) >= 11 is 0. The van der Waals surface area contributed by atoms with Crippen molar-refractivity contribution in [3.05, 3.63) is 29.6 Å².